The average molecular weight is 344 g/mol. The topological polar surface area (TPSA) is 120 Å². The molecule has 4 N–H and O–H groups in total. The number of ether oxygens (including phenoxy) is 1. The summed E-state index contributed by atoms with van der Waals surface area (Å²) in [6.07, 6.45) is 2.23. The van der Waals surface area contributed by atoms with Gasteiger partial charge in [-0.1, -0.05) is 6.07 Å². The van der Waals surface area contributed by atoms with Crippen molar-refractivity contribution in [2.75, 3.05) is 18.0 Å². The van der Waals surface area contributed by atoms with Crippen LogP contribution in [0.25, 0.3) is 0 Å². The van der Waals surface area contributed by atoms with Gasteiger partial charge in [-0.15, -0.1) is 4.99 Å². The van der Waals surface area contributed by atoms with Crippen molar-refractivity contribution >= 4 is 17.9 Å². The maximum absolute atomic E-state index is 14.6. The van der Waals surface area contributed by atoms with Crippen LogP contribution in [0.4, 0.5) is 15.0 Å². The van der Waals surface area contributed by atoms with Gasteiger partial charge >= 0.3 is 6.09 Å². The maximum atomic E-state index is 14.6. The van der Waals surface area contributed by atoms with E-state index in [0.29, 0.717) is 13.1 Å². The summed E-state index contributed by atoms with van der Waals surface area (Å²) >= 11 is 0. The molecule has 1 amide bonds. The molecule has 0 aromatic carbocycles. The molecule has 2 aromatic heterocycles. The number of carbonyl (C=O) groups is 1. The fraction of sp³-hybridized carbons (Fsp3) is 0.250. The van der Waals surface area contributed by atoms with Gasteiger partial charge in [0.05, 0.1) is 0 Å². The van der Waals surface area contributed by atoms with E-state index in [1.165, 1.54) is 12.3 Å². The predicted octanol–water partition coefficient (Wildman–Crippen LogP) is 1.13. The van der Waals surface area contributed by atoms with Crippen LogP contribution >= 0.6 is 0 Å². The van der Waals surface area contributed by atoms with Crippen LogP contribution in [0.3, 0.4) is 0 Å². The van der Waals surface area contributed by atoms with E-state index in [1.807, 2.05) is 23.1 Å². The third-order valence-corrected chi connectivity index (χ3v) is 3.81. The molecule has 9 heteroatoms. The summed E-state index contributed by atoms with van der Waals surface area (Å²) in [5, 5.41) is 0. The van der Waals surface area contributed by atoms with Crippen LogP contribution in [0.15, 0.2) is 41.7 Å². The molecule has 1 aliphatic rings. The lowest BCUT2D eigenvalue weighted by Gasteiger charge is -2.40. The van der Waals surface area contributed by atoms with Crippen molar-refractivity contribution in [1.82, 2.24) is 9.97 Å². The van der Waals surface area contributed by atoms with Crippen LogP contribution in [0.5, 0.6) is 0 Å². The molecule has 1 fully saturated rings. The Morgan fingerprint density at radius 1 is 1.28 bits per heavy atom. The lowest BCUT2D eigenvalue weighted by Crippen LogP contribution is -2.46. The first kappa shape index (κ1) is 16.6. The highest BCUT2D eigenvalue weighted by molar-refractivity contribution is 5.87. The number of hydrogen-bond donors (Lipinski definition) is 2. The Bertz CT molecular complexity index is 788. The van der Waals surface area contributed by atoms with Crippen LogP contribution in [0, 0.1) is 5.82 Å². The van der Waals surface area contributed by atoms with Gasteiger partial charge in [-0.2, -0.15) is 0 Å². The third kappa shape index (κ3) is 3.82. The first-order valence-electron chi connectivity index (χ1n) is 7.60. The lowest BCUT2D eigenvalue weighted by molar-refractivity contribution is 0.149. The number of hydrogen-bond acceptors (Lipinski definition) is 5. The van der Waals surface area contributed by atoms with Crippen molar-refractivity contribution in [2.24, 2.45) is 16.5 Å². The highest BCUT2D eigenvalue weighted by Crippen LogP contribution is 2.31. The molecule has 0 unspecified atom stereocenters. The van der Waals surface area contributed by atoms with E-state index in [0.717, 1.165) is 5.69 Å². The van der Waals surface area contributed by atoms with Crippen LogP contribution in [-0.4, -0.2) is 35.1 Å². The Kier molecular flexibility index (Phi) is 4.73. The van der Waals surface area contributed by atoms with Crippen LogP contribution in [0.1, 0.15) is 17.2 Å². The predicted molar refractivity (Wildman–Crippen MR) is 89.4 cm³/mol. The first-order valence-corrected chi connectivity index (χ1v) is 7.60. The molecule has 0 spiro atoms. The fourth-order valence-electron chi connectivity index (χ4n) is 2.54. The van der Waals surface area contributed by atoms with E-state index in [1.54, 1.807) is 6.20 Å². The number of nitrogens with zero attached hydrogens (tertiary/aromatic N) is 4. The summed E-state index contributed by atoms with van der Waals surface area (Å²) in [4.78, 5) is 24.7. The number of aromatic nitrogens is 2. The Labute approximate surface area is 143 Å². The van der Waals surface area contributed by atoms with Crippen LogP contribution < -0.4 is 16.4 Å². The number of amides is 1. The standard InChI is InChI=1S/C16H17FN6O2/c17-13-10(9-25-16(24)22-15(18)19)4-6-21-14(13)23-7-11(8-23)12-3-1-2-5-20-12/h1-6,11H,7-9H2,(H4,18,19,22,24). The Balaban J connectivity index is 1.64. The van der Waals surface area contributed by atoms with Crippen molar-refractivity contribution in [3.8, 4) is 0 Å². The summed E-state index contributed by atoms with van der Waals surface area (Å²) < 4.78 is 19.4. The second-order valence-electron chi connectivity index (χ2n) is 5.56. The van der Waals surface area contributed by atoms with Gasteiger partial charge in [-0.05, 0) is 18.2 Å². The molecule has 8 nitrogen and oxygen atoms in total. The quantitative estimate of drug-likeness (QED) is 0.630. The van der Waals surface area contributed by atoms with Crippen molar-refractivity contribution in [2.45, 2.75) is 12.5 Å². The molecule has 3 rings (SSSR count). The number of guanidine groups is 1. The van der Waals surface area contributed by atoms with Gasteiger partial charge in [0.25, 0.3) is 0 Å². The minimum atomic E-state index is -0.975. The highest BCUT2D eigenvalue weighted by Gasteiger charge is 2.32. The smallest absolute Gasteiger partial charge is 0.437 e. The zero-order valence-electron chi connectivity index (χ0n) is 13.3. The van der Waals surface area contributed by atoms with Gasteiger partial charge in [0.15, 0.2) is 17.6 Å². The molecule has 25 heavy (non-hydrogen) atoms. The fourth-order valence-corrected chi connectivity index (χ4v) is 2.54. The average Bonchev–Trinajstić information content (AvgIpc) is 2.54. The van der Waals surface area contributed by atoms with Crippen molar-refractivity contribution in [3.05, 3.63) is 53.7 Å². The molecule has 0 aliphatic carbocycles. The van der Waals surface area contributed by atoms with Crippen LogP contribution in [-0.2, 0) is 11.3 Å². The van der Waals surface area contributed by atoms with E-state index in [2.05, 4.69) is 15.0 Å². The molecule has 0 bridgehead atoms. The van der Waals surface area contributed by atoms with Gasteiger partial charge in [-0.3, -0.25) is 4.98 Å². The SMILES string of the molecule is NC(N)=NC(=O)OCc1ccnc(N2CC(c3ccccn3)C2)c1F. The molecule has 1 saturated heterocycles. The maximum Gasteiger partial charge on any atom is 0.437 e. The second-order valence-corrected chi connectivity index (χ2v) is 5.56. The number of carbonyl (C=O) groups excluding carboxylic acids is 1. The zero-order chi connectivity index (χ0) is 17.8. The van der Waals surface area contributed by atoms with E-state index < -0.39 is 17.9 Å². The van der Waals surface area contributed by atoms with Crippen molar-refractivity contribution in [3.63, 3.8) is 0 Å². The Morgan fingerprint density at radius 2 is 2.08 bits per heavy atom. The number of anilines is 1. The summed E-state index contributed by atoms with van der Waals surface area (Å²) in [5.74, 6) is -0.477. The monoisotopic (exact) mass is 344 g/mol. The van der Waals surface area contributed by atoms with Crippen LogP contribution in [0.2, 0.25) is 0 Å². The summed E-state index contributed by atoms with van der Waals surface area (Å²) in [6.45, 7) is 0.963. The van der Waals surface area contributed by atoms with Gasteiger partial charge in [0, 0.05) is 42.7 Å². The van der Waals surface area contributed by atoms with Gasteiger partial charge < -0.3 is 21.1 Å². The minimum absolute atomic E-state index is 0.199. The van der Waals surface area contributed by atoms with E-state index in [4.69, 9.17) is 16.2 Å². The van der Waals surface area contributed by atoms with Crippen molar-refractivity contribution < 1.29 is 13.9 Å². The Hall–Kier alpha value is -3.23. The van der Waals surface area contributed by atoms with Gasteiger partial charge in [-0.25, -0.2) is 14.2 Å². The van der Waals surface area contributed by atoms with Gasteiger partial charge in [0.2, 0.25) is 0 Å². The van der Waals surface area contributed by atoms with Crippen molar-refractivity contribution in [1.29, 1.82) is 0 Å². The number of halogens is 1. The van der Waals surface area contributed by atoms with Gasteiger partial charge in [0.1, 0.15) is 6.61 Å². The summed E-state index contributed by atoms with van der Waals surface area (Å²) in [7, 11) is 0. The number of rotatable bonds is 4. The molecule has 0 saturated carbocycles. The molecule has 2 aromatic rings. The lowest BCUT2D eigenvalue weighted by atomic mass is 9.95. The molecule has 0 atom stereocenters. The molecule has 1 aliphatic heterocycles. The zero-order valence-corrected chi connectivity index (χ0v) is 13.3. The van der Waals surface area contributed by atoms with E-state index in [-0.39, 0.29) is 23.9 Å². The molecular formula is C16H17FN6O2. The van der Waals surface area contributed by atoms with E-state index in [9.17, 15) is 9.18 Å². The number of aliphatic imine (C=N–C) groups is 1. The summed E-state index contributed by atoms with van der Waals surface area (Å²) in [5.41, 5.74) is 11.3. The van der Waals surface area contributed by atoms with E-state index >= 15 is 0 Å². The number of nitrogens with two attached hydrogens (primary N) is 2. The normalized spacial score (nSPS) is 13.9. The molecular weight excluding hydrogens is 327 g/mol. The second kappa shape index (κ2) is 7.12. The molecule has 130 valence electrons. The summed E-state index contributed by atoms with van der Waals surface area (Å²) in [6, 6.07) is 7.17. The number of pyridine rings is 2. The first-order chi connectivity index (χ1) is 12.0. The molecule has 3 heterocycles. The Morgan fingerprint density at radius 3 is 2.76 bits per heavy atom. The molecule has 0 radical (unpaired) electrons. The highest BCUT2D eigenvalue weighted by atomic mass is 19.1. The minimum Gasteiger partial charge on any atom is -0.443 e. The third-order valence-electron chi connectivity index (χ3n) is 3.81. The largest absolute Gasteiger partial charge is 0.443 e.